The van der Waals surface area contributed by atoms with E-state index in [1.165, 1.54) is 5.56 Å². The molecule has 3 nitrogen and oxygen atoms in total. The van der Waals surface area contributed by atoms with Crippen LogP contribution in [0.3, 0.4) is 0 Å². The Kier molecular flexibility index (Phi) is 2.65. The second-order valence-electron chi connectivity index (χ2n) is 5.16. The monoisotopic (exact) mass is 291 g/mol. The number of pyridine rings is 1. The van der Waals surface area contributed by atoms with Gasteiger partial charge in [0, 0.05) is 17.8 Å². The normalized spacial score (nSPS) is 11.3. The van der Waals surface area contributed by atoms with Crippen LogP contribution in [0.15, 0.2) is 54.9 Å². The van der Waals surface area contributed by atoms with Crippen molar-refractivity contribution in [3.05, 3.63) is 65.2 Å². The fourth-order valence-electron chi connectivity index (χ4n) is 2.76. The van der Waals surface area contributed by atoms with Crippen molar-refractivity contribution in [2.45, 2.75) is 6.92 Å². The van der Waals surface area contributed by atoms with Crippen LogP contribution in [-0.4, -0.2) is 14.5 Å². The number of hydrogen-bond donors (Lipinski definition) is 1. The minimum Gasteiger partial charge on any atom is -0.330 e. The zero-order chi connectivity index (χ0) is 14.4. The Morgan fingerprint density at radius 1 is 1.14 bits per heavy atom. The van der Waals surface area contributed by atoms with Gasteiger partial charge >= 0.3 is 0 Å². The van der Waals surface area contributed by atoms with Gasteiger partial charge in [-0.1, -0.05) is 18.2 Å². The average molecular weight is 291 g/mol. The Morgan fingerprint density at radius 3 is 2.95 bits per heavy atom. The van der Waals surface area contributed by atoms with Crippen LogP contribution in [-0.2, 0) is 0 Å². The molecule has 4 rings (SSSR count). The van der Waals surface area contributed by atoms with Gasteiger partial charge in [-0.25, -0.2) is 0 Å². The Hall–Kier alpha value is -2.46. The summed E-state index contributed by atoms with van der Waals surface area (Å²) in [6, 6.07) is 14.5. The van der Waals surface area contributed by atoms with Crippen molar-refractivity contribution in [2.75, 3.05) is 0 Å². The highest BCUT2D eigenvalue weighted by atomic mass is 32.1. The predicted octanol–water partition coefficient (Wildman–Crippen LogP) is 4.54. The van der Waals surface area contributed by atoms with Gasteiger partial charge in [-0.3, -0.25) is 9.55 Å². The van der Waals surface area contributed by atoms with Crippen molar-refractivity contribution >= 4 is 34.0 Å². The second-order valence-corrected chi connectivity index (χ2v) is 5.55. The molecule has 0 saturated heterocycles. The molecule has 0 spiro atoms. The van der Waals surface area contributed by atoms with E-state index in [9.17, 15) is 0 Å². The molecule has 2 heterocycles. The minimum absolute atomic E-state index is 0.701. The molecule has 0 aliphatic rings. The average Bonchev–Trinajstić information content (AvgIpc) is 2.81. The third kappa shape index (κ3) is 1.87. The smallest absolute Gasteiger partial charge is 0.182 e. The number of imidazole rings is 1. The third-order valence-corrected chi connectivity index (χ3v) is 4.02. The van der Waals surface area contributed by atoms with Crippen molar-refractivity contribution in [3.8, 4) is 5.69 Å². The number of hydrogen-bond acceptors (Lipinski definition) is 2. The Morgan fingerprint density at radius 2 is 2.05 bits per heavy atom. The maximum absolute atomic E-state index is 5.53. The Balaban J connectivity index is 2.14. The van der Waals surface area contributed by atoms with Crippen LogP contribution in [0.1, 0.15) is 5.56 Å². The van der Waals surface area contributed by atoms with E-state index in [4.69, 9.17) is 12.2 Å². The summed E-state index contributed by atoms with van der Waals surface area (Å²) in [4.78, 5) is 7.54. The van der Waals surface area contributed by atoms with E-state index in [2.05, 4.69) is 51.8 Å². The Bertz CT molecular complexity index is 1020. The maximum atomic E-state index is 5.53. The van der Waals surface area contributed by atoms with Crippen molar-refractivity contribution in [1.82, 2.24) is 14.5 Å². The summed E-state index contributed by atoms with van der Waals surface area (Å²) in [5, 5.41) is 2.25. The zero-order valence-electron chi connectivity index (χ0n) is 11.5. The molecular weight excluding hydrogens is 278 g/mol. The Labute approximate surface area is 126 Å². The highest BCUT2D eigenvalue weighted by Crippen LogP contribution is 2.26. The number of aromatic nitrogens is 3. The molecule has 0 aliphatic heterocycles. The molecule has 102 valence electrons. The summed E-state index contributed by atoms with van der Waals surface area (Å²) in [6.07, 6.45) is 3.70. The van der Waals surface area contributed by atoms with Crippen LogP contribution in [0.5, 0.6) is 0 Å². The molecule has 0 saturated carbocycles. The van der Waals surface area contributed by atoms with Gasteiger partial charge < -0.3 is 4.98 Å². The topological polar surface area (TPSA) is 33.6 Å². The summed E-state index contributed by atoms with van der Waals surface area (Å²) in [5.41, 5.74) is 4.41. The fourth-order valence-corrected chi connectivity index (χ4v) is 3.06. The quantitative estimate of drug-likeness (QED) is 0.522. The largest absolute Gasteiger partial charge is 0.330 e. The molecule has 2 aromatic carbocycles. The fraction of sp³-hybridized carbons (Fsp3) is 0.0588. The number of fused-ring (bicyclic) bond motifs is 2. The molecule has 2 aromatic heterocycles. The summed E-state index contributed by atoms with van der Waals surface area (Å²) < 4.78 is 2.78. The van der Waals surface area contributed by atoms with Gasteiger partial charge in [0.15, 0.2) is 4.77 Å². The lowest BCUT2D eigenvalue weighted by molar-refractivity contribution is 1.07. The zero-order valence-corrected chi connectivity index (χ0v) is 12.3. The van der Waals surface area contributed by atoms with Crippen LogP contribution in [0.2, 0.25) is 0 Å². The van der Waals surface area contributed by atoms with Gasteiger partial charge in [-0.2, -0.15) is 0 Å². The van der Waals surface area contributed by atoms with Gasteiger partial charge in [0.1, 0.15) is 0 Å². The van der Waals surface area contributed by atoms with E-state index in [0.717, 1.165) is 27.5 Å². The summed E-state index contributed by atoms with van der Waals surface area (Å²) in [5.74, 6) is 0. The molecule has 21 heavy (non-hydrogen) atoms. The molecule has 4 heteroatoms. The molecule has 0 unspecified atom stereocenters. The summed E-state index contributed by atoms with van der Waals surface area (Å²) in [7, 11) is 0. The van der Waals surface area contributed by atoms with Crippen LogP contribution in [0, 0.1) is 11.7 Å². The van der Waals surface area contributed by atoms with E-state index >= 15 is 0 Å². The lowest BCUT2D eigenvalue weighted by Gasteiger charge is -2.08. The molecule has 0 fully saturated rings. The maximum Gasteiger partial charge on any atom is 0.182 e. The first-order valence-electron chi connectivity index (χ1n) is 6.78. The van der Waals surface area contributed by atoms with Gasteiger partial charge in [-0.05, 0) is 54.4 Å². The van der Waals surface area contributed by atoms with E-state index in [0.29, 0.717) is 4.77 Å². The van der Waals surface area contributed by atoms with E-state index in [-0.39, 0.29) is 0 Å². The number of benzene rings is 2. The van der Waals surface area contributed by atoms with Gasteiger partial charge in [-0.15, -0.1) is 0 Å². The highest BCUT2D eigenvalue weighted by molar-refractivity contribution is 7.71. The molecule has 0 radical (unpaired) electrons. The number of nitrogens with zero attached hydrogens (tertiary/aromatic N) is 2. The van der Waals surface area contributed by atoms with Crippen LogP contribution < -0.4 is 0 Å². The van der Waals surface area contributed by atoms with Gasteiger partial charge in [0.05, 0.1) is 16.7 Å². The number of aryl methyl sites for hydroxylation is 1. The van der Waals surface area contributed by atoms with Crippen LogP contribution in [0.25, 0.3) is 27.5 Å². The lowest BCUT2D eigenvalue weighted by atomic mass is 10.1. The number of nitrogens with one attached hydrogen (secondary N) is 1. The van der Waals surface area contributed by atoms with Crippen molar-refractivity contribution < 1.29 is 0 Å². The molecule has 1 N–H and O–H groups in total. The molecule has 0 bridgehead atoms. The van der Waals surface area contributed by atoms with Crippen LogP contribution in [0.4, 0.5) is 0 Å². The van der Waals surface area contributed by atoms with Crippen molar-refractivity contribution in [3.63, 3.8) is 0 Å². The van der Waals surface area contributed by atoms with Crippen LogP contribution >= 0.6 is 12.2 Å². The first-order chi connectivity index (χ1) is 10.2. The summed E-state index contributed by atoms with van der Waals surface area (Å²) in [6.45, 7) is 2.08. The first kappa shape index (κ1) is 12.3. The molecule has 0 aliphatic carbocycles. The first-order valence-corrected chi connectivity index (χ1v) is 7.19. The molecule has 4 aromatic rings. The molecule has 0 atom stereocenters. The van der Waals surface area contributed by atoms with Gasteiger partial charge in [0.25, 0.3) is 0 Å². The number of aromatic amines is 1. The number of H-pyrrole nitrogens is 1. The summed E-state index contributed by atoms with van der Waals surface area (Å²) >= 11 is 5.53. The predicted molar refractivity (Wildman–Crippen MR) is 88.5 cm³/mol. The third-order valence-electron chi connectivity index (χ3n) is 3.74. The van der Waals surface area contributed by atoms with Crippen molar-refractivity contribution in [1.29, 1.82) is 0 Å². The lowest BCUT2D eigenvalue weighted by Crippen LogP contribution is -1.95. The van der Waals surface area contributed by atoms with Gasteiger partial charge in [0.2, 0.25) is 0 Å². The SMILES string of the molecule is Cc1ccc2c(c1)[nH]c(=S)n2-c1cccc2ccncc12. The highest BCUT2D eigenvalue weighted by Gasteiger charge is 2.09. The van der Waals surface area contributed by atoms with Crippen molar-refractivity contribution in [2.24, 2.45) is 0 Å². The number of rotatable bonds is 1. The van der Waals surface area contributed by atoms with E-state index in [1.54, 1.807) is 0 Å². The molecular formula is C17H13N3S. The van der Waals surface area contributed by atoms with E-state index in [1.807, 2.05) is 24.5 Å². The minimum atomic E-state index is 0.701. The van der Waals surface area contributed by atoms with E-state index < -0.39 is 0 Å². The standard InChI is InChI=1S/C17H13N3S/c1-11-5-6-16-14(9-11)19-17(21)20(16)15-4-2-3-12-7-8-18-10-13(12)15/h2-10H,1H3,(H,19,21). The second kappa shape index (κ2) is 4.53. The molecule has 0 amide bonds.